The predicted molar refractivity (Wildman–Crippen MR) is 67.4 cm³/mol. The lowest BCUT2D eigenvalue weighted by atomic mass is 10.3. The van der Waals surface area contributed by atoms with Gasteiger partial charge in [-0.1, -0.05) is 0 Å². The summed E-state index contributed by atoms with van der Waals surface area (Å²) in [5.74, 6) is 0.903. The summed E-state index contributed by atoms with van der Waals surface area (Å²) in [5, 5.41) is 3.34. The zero-order valence-corrected chi connectivity index (χ0v) is 9.82. The molecule has 1 unspecified atom stereocenters. The first-order valence-corrected chi connectivity index (χ1v) is 5.95. The quantitative estimate of drug-likeness (QED) is 0.808. The number of nitrogen functional groups attached to an aromatic ring is 1. The van der Waals surface area contributed by atoms with Crippen molar-refractivity contribution in [2.75, 3.05) is 30.7 Å². The van der Waals surface area contributed by atoms with Crippen LogP contribution in [0.25, 0.3) is 0 Å². The summed E-state index contributed by atoms with van der Waals surface area (Å²) >= 11 is 0. The molecule has 0 radical (unpaired) electrons. The second-order valence-electron chi connectivity index (χ2n) is 4.45. The van der Waals surface area contributed by atoms with Crippen LogP contribution >= 0.6 is 0 Å². The lowest BCUT2D eigenvalue weighted by Gasteiger charge is -2.24. The molecule has 2 heterocycles. The lowest BCUT2D eigenvalue weighted by Crippen LogP contribution is -2.35. The third-order valence-electron chi connectivity index (χ3n) is 3.13. The summed E-state index contributed by atoms with van der Waals surface area (Å²) in [6.07, 6.45) is 4.36. The molecule has 16 heavy (non-hydrogen) atoms. The van der Waals surface area contributed by atoms with E-state index in [0.717, 1.165) is 12.4 Å². The van der Waals surface area contributed by atoms with Crippen molar-refractivity contribution in [2.45, 2.75) is 25.8 Å². The van der Waals surface area contributed by atoms with Gasteiger partial charge in [-0.25, -0.2) is 4.98 Å². The highest BCUT2D eigenvalue weighted by molar-refractivity contribution is 5.43. The summed E-state index contributed by atoms with van der Waals surface area (Å²) in [4.78, 5) is 6.74. The number of nitrogens with two attached hydrogens (primary N) is 1. The minimum absolute atomic E-state index is 0.571. The fraction of sp³-hybridized carbons (Fsp3) is 0.583. The van der Waals surface area contributed by atoms with E-state index >= 15 is 0 Å². The van der Waals surface area contributed by atoms with E-state index in [9.17, 15) is 0 Å². The average molecular weight is 220 g/mol. The molecule has 0 aliphatic carbocycles. The third-order valence-corrected chi connectivity index (χ3v) is 3.13. The van der Waals surface area contributed by atoms with Crippen LogP contribution in [0.4, 0.5) is 11.5 Å². The van der Waals surface area contributed by atoms with E-state index < -0.39 is 0 Å². The molecule has 0 bridgehead atoms. The second-order valence-corrected chi connectivity index (χ2v) is 4.45. The standard InChI is InChI=1S/C12H20N4/c1-10(16-6-2-3-7-16)8-14-12-5-4-11(13)9-15-12/h4-5,9-10H,2-3,6-8,13H2,1H3,(H,14,15). The first-order chi connectivity index (χ1) is 7.75. The molecule has 4 nitrogen and oxygen atoms in total. The van der Waals surface area contributed by atoms with Crippen LogP contribution in [0.5, 0.6) is 0 Å². The number of anilines is 2. The van der Waals surface area contributed by atoms with Gasteiger partial charge < -0.3 is 11.1 Å². The first-order valence-electron chi connectivity index (χ1n) is 5.95. The summed E-state index contributed by atoms with van der Waals surface area (Å²) in [7, 11) is 0. The van der Waals surface area contributed by atoms with Gasteiger partial charge in [0.25, 0.3) is 0 Å². The van der Waals surface area contributed by atoms with E-state index in [1.807, 2.05) is 12.1 Å². The van der Waals surface area contributed by atoms with Crippen molar-refractivity contribution in [1.29, 1.82) is 0 Å². The molecule has 2 rings (SSSR count). The highest BCUT2D eigenvalue weighted by Crippen LogP contribution is 2.12. The summed E-state index contributed by atoms with van der Waals surface area (Å²) in [5.41, 5.74) is 6.29. The number of aromatic nitrogens is 1. The molecule has 1 aromatic heterocycles. The van der Waals surface area contributed by atoms with E-state index in [0.29, 0.717) is 11.7 Å². The Hall–Kier alpha value is -1.29. The molecule has 0 aromatic carbocycles. The molecule has 4 heteroatoms. The molecule has 1 aromatic rings. The normalized spacial score (nSPS) is 18.6. The summed E-state index contributed by atoms with van der Waals surface area (Å²) in [6, 6.07) is 4.36. The molecule has 1 aliphatic rings. The maximum Gasteiger partial charge on any atom is 0.126 e. The Balaban J connectivity index is 1.80. The van der Waals surface area contributed by atoms with E-state index in [1.54, 1.807) is 6.20 Å². The van der Waals surface area contributed by atoms with Crippen molar-refractivity contribution in [3.8, 4) is 0 Å². The molecule has 0 saturated carbocycles. The van der Waals surface area contributed by atoms with Crippen LogP contribution in [0.1, 0.15) is 19.8 Å². The van der Waals surface area contributed by atoms with E-state index in [-0.39, 0.29) is 0 Å². The molecule has 3 N–H and O–H groups in total. The number of nitrogens with one attached hydrogen (secondary N) is 1. The van der Waals surface area contributed by atoms with Gasteiger partial charge in [-0.15, -0.1) is 0 Å². The van der Waals surface area contributed by atoms with Crippen molar-refractivity contribution in [1.82, 2.24) is 9.88 Å². The molecule has 0 spiro atoms. The Kier molecular flexibility index (Phi) is 3.62. The van der Waals surface area contributed by atoms with Crippen LogP contribution in [-0.4, -0.2) is 35.6 Å². The highest BCUT2D eigenvalue weighted by atomic mass is 15.2. The first kappa shape index (κ1) is 11.2. The minimum atomic E-state index is 0.571. The maximum atomic E-state index is 5.58. The molecular formula is C12H20N4. The van der Waals surface area contributed by atoms with Crippen molar-refractivity contribution in [3.63, 3.8) is 0 Å². The smallest absolute Gasteiger partial charge is 0.126 e. The molecule has 1 saturated heterocycles. The van der Waals surface area contributed by atoms with Gasteiger partial charge in [0, 0.05) is 12.6 Å². The van der Waals surface area contributed by atoms with Crippen LogP contribution in [-0.2, 0) is 0 Å². The zero-order valence-electron chi connectivity index (χ0n) is 9.82. The van der Waals surface area contributed by atoms with Crippen LogP contribution < -0.4 is 11.1 Å². The van der Waals surface area contributed by atoms with E-state index in [4.69, 9.17) is 5.73 Å². The van der Waals surface area contributed by atoms with Gasteiger partial charge in [-0.05, 0) is 45.0 Å². The van der Waals surface area contributed by atoms with Crippen molar-refractivity contribution in [3.05, 3.63) is 18.3 Å². The van der Waals surface area contributed by atoms with Crippen LogP contribution in [0, 0.1) is 0 Å². The molecule has 1 fully saturated rings. The fourth-order valence-electron chi connectivity index (χ4n) is 2.07. The Bertz CT molecular complexity index is 316. The SMILES string of the molecule is CC(CNc1ccc(N)cn1)N1CCCC1. The van der Waals surface area contributed by atoms with Crippen molar-refractivity contribution < 1.29 is 0 Å². The fourth-order valence-corrected chi connectivity index (χ4v) is 2.07. The molecular weight excluding hydrogens is 200 g/mol. The lowest BCUT2D eigenvalue weighted by molar-refractivity contribution is 0.269. The van der Waals surface area contributed by atoms with Crippen LogP contribution in [0.3, 0.4) is 0 Å². The van der Waals surface area contributed by atoms with Gasteiger partial charge in [0.05, 0.1) is 11.9 Å². The van der Waals surface area contributed by atoms with Gasteiger partial charge >= 0.3 is 0 Å². The Morgan fingerprint density at radius 1 is 1.44 bits per heavy atom. The maximum absolute atomic E-state index is 5.58. The summed E-state index contributed by atoms with van der Waals surface area (Å²) < 4.78 is 0. The third kappa shape index (κ3) is 2.85. The monoisotopic (exact) mass is 220 g/mol. The average Bonchev–Trinajstić information content (AvgIpc) is 2.81. The Labute approximate surface area is 96.8 Å². The number of likely N-dealkylation sites (tertiary alicyclic amines) is 1. The minimum Gasteiger partial charge on any atom is -0.397 e. The molecule has 1 aliphatic heterocycles. The van der Waals surface area contributed by atoms with Gasteiger partial charge in [-0.2, -0.15) is 0 Å². The van der Waals surface area contributed by atoms with Gasteiger partial charge in [0.1, 0.15) is 5.82 Å². The van der Waals surface area contributed by atoms with Crippen molar-refractivity contribution >= 4 is 11.5 Å². The number of rotatable bonds is 4. The molecule has 0 amide bonds. The van der Waals surface area contributed by atoms with Crippen molar-refractivity contribution in [2.24, 2.45) is 0 Å². The van der Waals surface area contributed by atoms with E-state index in [2.05, 4.69) is 22.1 Å². The number of hydrogen-bond donors (Lipinski definition) is 2. The van der Waals surface area contributed by atoms with Gasteiger partial charge in [0.2, 0.25) is 0 Å². The molecule has 1 atom stereocenters. The van der Waals surface area contributed by atoms with Gasteiger partial charge in [-0.3, -0.25) is 4.90 Å². The second kappa shape index (κ2) is 5.16. The Morgan fingerprint density at radius 3 is 2.81 bits per heavy atom. The summed E-state index contributed by atoms with van der Waals surface area (Å²) in [6.45, 7) is 5.67. The topological polar surface area (TPSA) is 54.2 Å². The van der Waals surface area contributed by atoms with E-state index in [1.165, 1.54) is 25.9 Å². The van der Waals surface area contributed by atoms with Crippen LogP contribution in [0.15, 0.2) is 18.3 Å². The zero-order chi connectivity index (χ0) is 11.4. The van der Waals surface area contributed by atoms with Crippen LogP contribution in [0.2, 0.25) is 0 Å². The highest BCUT2D eigenvalue weighted by Gasteiger charge is 2.17. The number of hydrogen-bond acceptors (Lipinski definition) is 4. The molecule has 88 valence electrons. The number of pyridine rings is 1. The largest absolute Gasteiger partial charge is 0.397 e. The predicted octanol–water partition coefficient (Wildman–Crippen LogP) is 1.56. The number of nitrogens with zero attached hydrogens (tertiary/aromatic N) is 2. The Morgan fingerprint density at radius 2 is 2.19 bits per heavy atom. The van der Waals surface area contributed by atoms with Gasteiger partial charge in [0.15, 0.2) is 0 Å².